The lowest BCUT2D eigenvalue weighted by Gasteiger charge is -2.17. The summed E-state index contributed by atoms with van der Waals surface area (Å²) in [5.41, 5.74) is 3.37. The zero-order valence-corrected chi connectivity index (χ0v) is 35.2. The maximum absolute atomic E-state index is 13.4. The molecule has 0 bridgehead atoms. The van der Waals surface area contributed by atoms with Gasteiger partial charge in [-0.2, -0.15) is 32.8 Å². The first-order valence-corrected chi connectivity index (χ1v) is 20.6. The van der Waals surface area contributed by atoms with E-state index in [2.05, 4.69) is 10.2 Å². The van der Waals surface area contributed by atoms with Crippen LogP contribution in [0, 0.1) is 0 Å². The average molecular weight is 877 g/mol. The van der Waals surface area contributed by atoms with Crippen molar-refractivity contribution in [1.29, 1.82) is 0 Å². The van der Waals surface area contributed by atoms with Crippen LogP contribution < -0.4 is 42.6 Å². The van der Waals surface area contributed by atoms with E-state index in [-0.39, 0.29) is 35.3 Å². The topological polar surface area (TPSA) is 222 Å². The van der Waals surface area contributed by atoms with Crippen molar-refractivity contribution >= 4 is 68.2 Å². The first-order chi connectivity index (χ1) is 29.1. The minimum atomic E-state index is -4.40. The van der Waals surface area contributed by atoms with Gasteiger partial charge in [0.2, 0.25) is 11.5 Å². The molecule has 1 atom stereocenters. The summed E-state index contributed by atoms with van der Waals surface area (Å²) >= 11 is -2.48. The molecule has 2 amide bonds. The molecule has 0 radical (unpaired) electrons. The van der Waals surface area contributed by atoms with Crippen molar-refractivity contribution in [3.05, 3.63) is 95.1 Å². The second-order valence-corrected chi connectivity index (χ2v) is 15.1. The highest BCUT2D eigenvalue weighted by Gasteiger charge is 2.31. The van der Waals surface area contributed by atoms with Gasteiger partial charge in [-0.15, -0.1) is 0 Å². The number of carbonyl (C=O) groups is 2. The van der Waals surface area contributed by atoms with Crippen LogP contribution in [0.2, 0.25) is 0 Å². The molecule has 4 aromatic carbocycles. The first-order valence-electron chi connectivity index (χ1n) is 18.1. The number of hydrogen-bond donors (Lipinski definition) is 2. The number of hydrogen-bond acceptors (Lipinski definition) is 14. The first kappa shape index (κ1) is 43.8. The van der Waals surface area contributed by atoms with Crippen molar-refractivity contribution in [2.24, 2.45) is 10.2 Å². The number of nitrogens with zero attached hydrogens (tertiary/aromatic N) is 4. The Balaban J connectivity index is 1.10. The predicted octanol–water partition coefficient (Wildman–Crippen LogP) is 5.94. The van der Waals surface area contributed by atoms with Crippen molar-refractivity contribution in [2.45, 2.75) is 25.2 Å². The standard InChI is InChI=1S/C41H40N4O14S2/c1-24-32(40(46)44(42-24)28-8-12-30(13-9-28)59-60(48)49)18-26-20-34(53-3)38(35(21-26)54-4)57-16-7-17-58-39-36(55-5)22-27(23-37(39)56-6)19-33-25(2)43-45(41(33)47)29-10-14-31(15-11-29)61(50,51)52/h8-15,18-23H,7,16-17H2,1-6H3,(H,48,49)(H,50,51,52)/b32-18+,33-19+. The molecule has 4 aromatic rings. The molecule has 2 aliphatic heterocycles. The van der Waals surface area contributed by atoms with Gasteiger partial charge in [-0.1, -0.05) is 0 Å². The van der Waals surface area contributed by atoms with Gasteiger partial charge in [-0.3, -0.25) is 18.7 Å². The van der Waals surface area contributed by atoms with Crippen LogP contribution in [0.1, 0.15) is 31.4 Å². The van der Waals surface area contributed by atoms with Crippen LogP contribution in [0.4, 0.5) is 11.4 Å². The van der Waals surface area contributed by atoms with E-state index < -0.39 is 27.4 Å². The summed E-state index contributed by atoms with van der Waals surface area (Å²) in [6, 6.07) is 17.8. The lowest BCUT2D eigenvalue weighted by atomic mass is 10.1. The average Bonchev–Trinajstić information content (AvgIpc) is 3.68. The summed E-state index contributed by atoms with van der Waals surface area (Å²) < 4.78 is 91.6. The minimum absolute atomic E-state index is 0.151. The van der Waals surface area contributed by atoms with Gasteiger partial charge in [0, 0.05) is 6.42 Å². The molecule has 18 nitrogen and oxygen atoms in total. The number of ether oxygens (including phenoxy) is 6. The van der Waals surface area contributed by atoms with E-state index in [0.717, 1.165) is 5.01 Å². The van der Waals surface area contributed by atoms with Gasteiger partial charge >= 0.3 is 11.4 Å². The molecular formula is C41H40N4O14S2. The molecule has 1 unspecified atom stereocenters. The van der Waals surface area contributed by atoms with Crippen LogP contribution in [0.5, 0.6) is 40.2 Å². The molecule has 320 valence electrons. The normalized spacial score (nSPS) is 15.8. The Morgan fingerprint density at radius 3 is 1.38 bits per heavy atom. The highest BCUT2D eigenvalue weighted by molar-refractivity contribution is 7.85. The van der Waals surface area contributed by atoms with E-state index >= 15 is 0 Å². The maximum Gasteiger partial charge on any atom is 0.357 e. The summed E-state index contributed by atoms with van der Waals surface area (Å²) in [4.78, 5) is 26.5. The van der Waals surface area contributed by atoms with E-state index in [0.29, 0.717) is 80.4 Å². The largest absolute Gasteiger partial charge is 0.493 e. The molecule has 0 aliphatic carbocycles. The Bertz CT molecular complexity index is 2560. The van der Waals surface area contributed by atoms with E-state index in [1.807, 2.05) is 0 Å². The molecule has 2 heterocycles. The van der Waals surface area contributed by atoms with Crippen LogP contribution >= 0.6 is 0 Å². The van der Waals surface area contributed by atoms with Crippen molar-refractivity contribution in [1.82, 2.24) is 0 Å². The van der Waals surface area contributed by atoms with Gasteiger partial charge in [0.15, 0.2) is 23.0 Å². The second-order valence-electron chi connectivity index (χ2n) is 13.0. The fourth-order valence-corrected chi connectivity index (χ4v) is 6.95. The third kappa shape index (κ3) is 9.84. The summed E-state index contributed by atoms with van der Waals surface area (Å²) in [6.45, 7) is 3.74. The molecule has 0 fully saturated rings. The van der Waals surface area contributed by atoms with E-state index in [4.69, 9.17) is 37.2 Å². The molecule has 0 saturated carbocycles. The van der Waals surface area contributed by atoms with Crippen LogP contribution in [-0.4, -0.2) is 86.6 Å². The molecule has 2 N–H and O–H groups in total. The Morgan fingerprint density at radius 2 is 1.03 bits per heavy atom. The SMILES string of the molecule is COc1cc(/C=C2/C(=O)N(c3ccc(OS(=O)O)cc3)N=C2C)cc(OC)c1OCCCOc1c(OC)cc(/C=C2/C(=O)N(c3ccc(S(=O)(=O)O)cc3)N=C2C)cc1OC. The smallest absolute Gasteiger partial charge is 0.357 e. The number of anilines is 2. The van der Waals surface area contributed by atoms with Gasteiger partial charge in [0.1, 0.15) is 5.75 Å². The summed E-state index contributed by atoms with van der Waals surface area (Å²) in [7, 11) is 1.50. The Labute approximate surface area is 353 Å². The molecule has 61 heavy (non-hydrogen) atoms. The van der Waals surface area contributed by atoms with Crippen LogP contribution in [0.25, 0.3) is 12.2 Å². The van der Waals surface area contributed by atoms with Crippen molar-refractivity contribution in [2.75, 3.05) is 51.7 Å². The Kier molecular flexibility index (Phi) is 13.4. The Hall–Kier alpha value is -6.74. The van der Waals surface area contributed by atoms with Crippen molar-refractivity contribution in [3.63, 3.8) is 0 Å². The minimum Gasteiger partial charge on any atom is -0.493 e. The quantitative estimate of drug-likeness (QED) is 0.0543. The molecule has 0 saturated heterocycles. The number of amides is 2. The Morgan fingerprint density at radius 1 is 0.656 bits per heavy atom. The lowest BCUT2D eigenvalue weighted by Crippen LogP contribution is -2.21. The molecule has 6 rings (SSSR count). The van der Waals surface area contributed by atoms with Gasteiger partial charge < -0.3 is 32.6 Å². The highest BCUT2D eigenvalue weighted by Crippen LogP contribution is 2.41. The van der Waals surface area contributed by atoms with E-state index in [9.17, 15) is 26.8 Å². The number of methoxy groups -OCH3 is 4. The second kappa shape index (κ2) is 18.7. The fourth-order valence-electron chi connectivity index (χ4n) is 6.20. The molecular weight excluding hydrogens is 837 g/mol. The van der Waals surface area contributed by atoms with Crippen LogP contribution in [0.3, 0.4) is 0 Å². The van der Waals surface area contributed by atoms with E-state index in [1.165, 1.54) is 69.8 Å². The predicted molar refractivity (Wildman–Crippen MR) is 226 cm³/mol. The van der Waals surface area contributed by atoms with Gasteiger partial charge in [0.05, 0.1) is 80.5 Å². The summed E-state index contributed by atoms with van der Waals surface area (Å²) in [5, 5.41) is 11.1. The molecule has 0 aromatic heterocycles. The van der Waals surface area contributed by atoms with Gasteiger partial charge in [-0.25, -0.2) is 0 Å². The third-order valence-corrected chi connectivity index (χ3v) is 10.3. The summed E-state index contributed by atoms with van der Waals surface area (Å²) in [6.07, 6.45) is 3.69. The monoisotopic (exact) mass is 876 g/mol. The molecule has 0 spiro atoms. The molecule has 2 aliphatic rings. The number of benzene rings is 4. The number of rotatable bonds is 17. The van der Waals surface area contributed by atoms with Crippen molar-refractivity contribution < 1.29 is 63.9 Å². The number of carbonyl (C=O) groups excluding carboxylic acids is 2. The van der Waals surface area contributed by atoms with E-state index in [1.54, 1.807) is 62.4 Å². The van der Waals surface area contributed by atoms with Gasteiger partial charge in [-0.05, 0) is 110 Å². The third-order valence-electron chi connectivity index (χ3n) is 9.12. The van der Waals surface area contributed by atoms with Crippen molar-refractivity contribution in [3.8, 4) is 40.2 Å². The molecule has 20 heteroatoms. The number of hydrazone groups is 2. The zero-order chi connectivity index (χ0) is 44.0. The fraction of sp³-hybridized carbons (Fsp3) is 0.220. The zero-order valence-electron chi connectivity index (χ0n) is 33.6. The van der Waals surface area contributed by atoms with Crippen LogP contribution in [0.15, 0.2) is 99.0 Å². The lowest BCUT2D eigenvalue weighted by molar-refractivity contribution is -0.115. The maximum atomic E-state index is 13.4. The van der Waals surface area contributed by atoms with Gasteiger partial charge in [0.25, 0.3) is 21.9 Å². The highest BCUT2D eigenvalue weighted by atomic mass is 32.2. The van der Waals surface area contributed by atoms with Crippen LogP contribution in [-0.2, 0) is 31.1 Å². The summed E-state index contributed by atoms with van der Waals surface area (Å²) in [5.74, 6) is 1.36.